The van der Waals surface area contributed by atoms with Crippen LogP contribution in [0.3, 0.4) is 0 Å². The zero-order chi connectivity index (χ0) is 15.6. The first kappa shape index (κ1) is 19.7. The molecule has 0 amide bonds. The van der Waals surface area contributed by atoms with E-state index in [4.69, 9.17) is 10.5 Å². The van der Waals surface area contributed by atoms with E-state index < -0.39 is 10.0 Å². The SMILES string of the molecule is COc1ccc(S(=O)(=O)N2CCCCC2C(C)N)c(Br)c1.Cl. The van der Waals surface area contributed by atoms with Crippen LogP contribution in [0.4, 0.5) is 0 Å². The molecule has 1 fully saturated rings. The molecule has 1 aromatic carbocycles. The molecule has 1 saturated heterocycles. The summed E-state index contributed by atoms with van der Waals surface area (Å²) in [5, 5.41) is 0. The van der Waals surface area contributed by atoms with Gasteiger partial charge in [-0.05, 0) is 53.9 Å². The third kappa shape index (κ3) is 3.94. The zero-order valence-electron chi connectivity index (χ0n) is 12.7. The van der Waals surface area contributed by atoms with E-state index in [1.807, 2.05) is 6.92 Å². The fourth-order valence-electron chi connectivity index (χ4n) is 2.70. The van der Waals surface area contributed by atoms with Gasteiger partial charge < -0.3 is 10.5 Å². The summed E-state index contributed by atoms with van der Waals surface area (Å²) in [7, 11) is -2.01. The standard InChI is InChI=1S/C14H21BrN2O3S.ClH/c1-10(16)13-5-3-4-8-17(13)21(18,19)14-7-6-11(20-2)9-12(14)15;/h6-7,9-10,13H,3-5,8,16H2,1-2H3;1H. The molecule has 0 spiro atoms. The number of sulfonamides is 1. The highest BCUT2D eigenvalue weighted by Crippen LogP contribution is 2.32. The highest BCUT2D eigenvalue weighted by atomic mass is 79.9. The Morgan fingerprint density at radius 3 is 2.64 bits per heavy atom. The minimum Gasteiger partial charge on any atom is -0.497 e. The average molecular weight is 414 g/mol. The van der Waals surface area contributed by atoms with Crippen LogP contribution in [0.25, 0.3) is 0 Å². The minimum atomic E-state index is -3.56. The second-order valence-corrected chi connectivity index (χ2v) is 8.05. The molecule has 2 rings (SSSR count). The molecule has 0 radical (unpaired) electrons. The normalized spacial score (nSPS) is 21.0. The Bertz CT molecular complexity index is 610. The molecule has 1 aliphatic rings. The number of piperidine rings is 1. The zero-order valence-corrected chi connectivity index (χ0v) is 15.9. The summed E-state index contributed by atoms with van der Waals surface area (Å²) >= 11 is 3.33. The number of ether oxygens (including phenoxy) is 1. The molecule has 2 N–H and O–H groups in total. The minimum absolute atomic E-state index is 0. The lowest BCUT2D eigenvalue weighted by molar-refractivity contribution is 0.227. The van der Waals surface area contributed by atoms with Crippen LogP contribution in [-0.4, -0.2) is 38.5 Å². The predicted molar refractivity (Wildman–Crippen MR) is 93.1 cm³/mol. The summed E-state index contributed by atoms with van der Waals surface area (Å²) in [6, 6.07) is 4.57. The van der Waals surface area contributed by atoms with Crippen LogP contribution in [0.1, 0.15) is 26.2 Å². The second kappa shape index (κ2) is 7.97. The summed E-state index contributed by atoms with van der Waals surface area (Å²) in [6.07, 6.45) is 2.70. The van der Waals surface area contributed by atoms with Crippen LogP contribution in [0.2, 0.25) is 0 Å². The van der Waals surface area contributed by atoms with Crippen molar-refractivity contribution in [3.05, 3.63) is 22.7 Å². The number of hydrogen-bond acceptors (Lipinski definition) is 4. The molecule has 0 aromatic heterocycles. The van der Waals surface area contributed by atoms with Gasteiger partial charge in [0.2, 0.25) is 10.0 Å². The predicted octanol–water partition coefficient (Wildman–Crippen LogP) is 2.77. The van der Waals surface area contributed by atoms with Crippen molar-refractivity contribution < 1.29 is 13.2 Å². The van der Waals surface area contributed by atoms with E-state index in [0.717, 1.165) is 19.3 Å². The van der Waals surface area contributed by atoms with E-state index in [1.165, 1.54) is 0 Å². The lowest BCUT2D eigenvalue weighted by atomic mass is 10.00. The average Bonchev–Trinajstić information content (AvgIpc) is 2.46. The Balaban J connectivity index is 0.00000242. The van der Waals surface area contributed by atoms with Crippen molar-refractivity contribution in [3.63, 3.8) is 0 Å². The lowest BCUT2D eigenvalue weighted by Gasteiger charge is -2.37. The molecular weight excluding hydrogens is 392 g/mol. The maximum Gasteiger partial charge on any atom is 0.244 e. The Hall–Kier alpha value is -0.340. The smallest absolute Gasteiger partial charge is 0.244 e. The molecule has 1 heterocycles. The molecule has 2 unspecified atom stereocenters. The van der Waals surface area contributed by atoms with Gasteiger partial charge in [0.1, 0.15) is 5.75 Å². The van der Waals surface area contributed by atoms with Gasteiger partial charge in [0.05, 0.1) is 12.0 Å². The van der Waals surface area contributed by atoms with Crippen LogP contribution in [-0.2, 0) is 10.0 Å². The molecule has 1 aliphatic heterocycles. The summed E-state index contributed by atoms with van der Waals surface area (Å²) in [6.45, 7) is 2.38. The van der Waals surface area contributed by atoms with Crippen LogP contribution < -0.4 is 10.5 Å². The molecule has 2 atom stereocenters. The van der Waals surface area contributed by atoms with Gasteiger partial charge in [-0.25, -0.2) is 8.42 Å². The maximum absolute atomic E-state index is 12.9. The molecule has 5 nitrogen and oxygen atoms in total. The fraction of sp³-hybridized carbons (Fsp3) is 0.571. The largest absolute Gasteiger partial charge is 0.497 e. The molecule has 0 bridgehead atoms. The topological polar surface area (TPSA) is 72.6 Å². The third-order valence-electron chi connectivity index (χ3n) is 3.83. The van der Waals surface area contributed by atoms with Gasteiger partial charge in [0, 0.05) is 23.1 Å². The quantitative estimate of drug-likeness (QED) is 0.824. The Morgan fingerprint density at radius 2 is 2.09 bits per heavy atom. The van der Waals surface area contributed by atoms with Gasteiger partial charge in [-0.2, -0.15) is 4.31 Å². The number of halogens is 2. The molecule has 8 heteroatoms. The van der Waals surface area contributed by atoms with E-state index in [-0.39, 0.29) is 29.4 Å². The van der Waals surface area contributed by atoms with E-state index in [9.17, 15) is 8.42 Å². The van der Waals surface area contributed by atoms with Gasteiger partial charge >= 0.3 is 0 Å². The number of methoxy groups -OCH3 is 1. The number of rotatable bonds is 4. The Labute approximate surface area is 146 Å². The summed E-state index contributed by atoms with van der Waals surface area (Å²) < 4.78 is 33.0. The van der Waals surface area contributed by atoms with Gasteiger partial charge in [0.25, 0.3) is 0 Å². The van der Waals surface area contributed by atoms with E-state index in [0.29, 0.717) is 16.8 Å². The highest BCUT2D eigenvalue weighted by Gasteiger charge is 2.36. The van der Waals surface area contributed by atoms with Crippen LogP contribution in [0.15, 0.2) is 27.6 Å². The molecule has 1 aromatic rings. The molecule has 0 aliphatic carbocycles. The third-order valence-corrected chi connectivity index (χ3v) is 6.73. The van der Waals surface area contributed by atoms with Crippen molar-refractivity contribution in [3.8, 4) is 5.75 Å². The summed E-state index contributed by atoms with van der Waals surface area (Å²) in [5.41, 5.74) is 5.98. The first-order valence-corrected chi connectivity index (χ1v) is 9.22. The highest BCUT2D eigenvalue weighted by molar-refractivity contribution is 9.10. The van der Waals surface area contributed by atoms with E-state index in [2.05, 4.69) is 15.9 Å². The van der Waals surface area contributed by atoms with Crippen molar-refractivity contribution >= 4 is 38.4 Å². The maximum atomic E-state index is 12.9. The monoisotopic (exact) mass is 412 g/mol. The van der Waals surface area contributed by atoms with Crippen molar-refractivity contribution in [2.45, 2.75) is 43.2 Å². The van der Waals surface area contributed by atoms with Crippen LogP contribution in [0.5, 0.6) is 5.75 Å². The summed E-state index contributed by atoms with van der Waals surface area (Å²) in [5.74, 6) is 0.614. The molecular formula is C14H22BrClN2O3S. The van der Waals surface area contributed by atoms with Crippen LogP contribution >= 0.6 is 28.3 Å². The van der Waals surface area contributed by atoms with Gasteiger partial charge in [-0.15, -0.1) is 12.4 Å². The van der Waals surface area contributed by atoms with Gasteiger partial charge in [-0.1, -0.05) is 6.42 Å². The summed E-state index contributed by atoms with van der Waals surface area (Å²) in [4.78, 5) is 0.260. The van der Waals surface area contributed by atoms with Crippen LogP contribution in [0, 0.1) is 0 Å². The van der Waals surface area contributed by atoms with Crippen molar-refractivity contribution in [1.29, 1.82) is 0 Å². The van der Waals surface area contributed by atoms with Crippen molar-refractivity contribution in [2.24, 2.45) is 5.73 Å². The molecule has 0 saturated carbocycles. The van der Waals surface area contributed by atoms with Gasteiger partial charge in [0.15, 0.2) is 0 Å². The first-order chi connectivity index (χ1) is 9.87. The van der Waals surface area contributed by atoms with Gasteiger partial charge in [-0.3, -0.25) is 0 Å². The van der Waals surface area contributed by atoms with Crippen molar-refractivity contribution in [2.75, 3.05) is 13.7 Å². The molecule has 126 valence electrons. The Kier molecular flexibility index (Phi) is 7.14. The number of benzene rings is 1. The lowest BCUT2D eigenvalue weighted by Crippen LogP contribution is -2.51. The van der Waals surface area contributed by atoms with E-state index in [1.54, 1.807) is 29.6 Å². The number of nitrogens with two attached hydrogens (primary N) is 1. The Morgan fingerprint density at radius 1 is 1.41 bits per heavy atom. The fourth-order valence-corrected chi connectivity index (χ4v) is 5.49. The first-order valence-electron chi connectivity index (χ1n) is 6.99. The number of nitrogens with zero attached hydrogens (tertiary/aromatic N) is 1. The number of hydrogen-bond donors (Lipinski definition) is 1. The van der Waals surface area contributed by atoms with Crippen molar-refractivity contribution in [1.82, 2.24) is 4.31 Å². The van der Waals surface area contributed by atoms with E-state index >= 15 is 0 Å². The molecule has 22 heavy (non-hydrogen) atoms. The second-order valence-electron chi connectivity index (χ2n) is 5.33.